The molecule has 2 aromatic rings. The Hall–Kier alpha value is -0.940. The largest absolute Gasteiger partial charge is 0.350 e. The molecule has 0 bridgehead atoms. The second-order valence-electron chi connectivity index (χ2n) is 3.97. The Labute approximate surface area is 110 Å². The van der Waals surface area contributed by atoms with Gasteiger partial charge in [0.1, 0.15) is 0 Å². The maximum atomic E-state index is 12.2. The van der Waals surface area contributed by atoms with Gasteiger partial charge in [-0.15, -0.1) is 0 Å². The predicted octanol–water partition coefficient (Wildman–Crippen LogP) is 2.18. The summed E-state index contributed by atoms with van der Waals surface area (Å²) in [4.78, 5) is 12.2. The Kier molecular flexibility index (Phi) is 3.49. The van der Waals surface area contributed by atoms with Crippen LogP contribution in [-0.2, 0) is 23.6 Å². The van der Waals surface area contributed by atoms with E-state index in [1.54, 1.807) is 18.5 Å². The van der Waals surface area contributed by atoms with E-state index in [0.717, 1.165) is 9.99 Å². The lowest BCUT2D eigenvalue weighted by atomic mass is 10.1. The molecule has 0 radical (unpaired) electrons. The highest BCUT2D eigenvalue weighted by Gasteiger charge is 2.08. The second-order valence-corrected chi connectivity index (χ2v) is 6.32. The van der Waals surface area contributed by atoms with Crippen molar-refractivity contribution in [1.82, 2.24) is 4.57 Å². The van der Waals surface area contributed by atoms with Crippen molar-refractivity contribution in [3.63, 3.8) is 0 Å². The van der Waals surface area contributed by atoms with Gasteiger partial charge in [0.05, 0.1) is 11.3 Å². The van der Waals surface area contributed by atoms with Gasteiger partial charge < -0.3 is 4.57 Å². The number of nitrogens with zero attached hydrogens (tertiary/aromatic N) is 1. The predicted molar refractivity (Wildman–Crippen MR) is 74.7 cm³/mol. The second kappa shape index (κ2) is 4.74. The van der Waals surface area contributed by atoms with Crippen molar-refractivity contribution in [2.75, 3.05) is 6.26 Å². The van der Waals surface area contributed by atoms with Crippen molar-refractivity contribution in [3.05, 3.63) is 44.7 Å². The summed E-state index contributed by atoms with van der Waals surface area (Å²) in [6.45, 7) is 0. The van der Waals surface area contributed by atoms with E-state index in [4.69, 9.17) is 0 Å². The third kappa shape index (κ3) is 2.50. The molecule has 0 aliphatic rings. The zero-order valence-corrected chi connectivity index (χ0v) is 12.0. The Bertz CT molecular complexity index is 663. The molecule has 1 unspecified atom stereocenters. The minimum absolute atomic E-state index is 0.0270. The summed E-state index contributed by atoms with van der Waals surface area (Å²) >= 11 is 3.39. The maximum absolute atomic E-state index is 12.2. The number of fused-ring (bicyclic) bond motifs is 1. The monoisotopic (exact) mass is 313 g/mol. The van der Waals surface area contributed by atoms with E-state index in [-0.39, 0.29) is 5.43 Å². The van der Waals surface area contributed by atoms with Crippen molar-refractivity contribution >= 4 is 37.6 Å². The van der Waals surface area contributed by atoms with E-state index < -0.39 is 10.8 Å². The number of hydrogen-bond acceptors (Lipinski definition) is 2. The van der Waals surface area contributed by atoms with Crippen LogP contribution >= 0.6 is 15.9 Å². The van der Waals surface area contributed by atoms with Crippen LogP contribution in [0, 0.1) is 0 Å². The van der Waals surface area contributed by atoms with E-state index in [1.807, 2.05) is 23.7 Å². The Morgan fingerprint density at radius 1 is 1.41 bits per heavy atom. The molecule has 0 aliphatic carbocycles. The average molecular weight is 314 g/mol. The zero-order valence-electron chi connectivity index (χ0n) is 9.57. The van der Waals surface area contributed by atoms with Gasteiger partial charge in [0, 0.05) is 45.7 Å². The van der Waals surface area contributed by atoms with Gasteiger partial charge >= 0.3 is 0 Å². The van der Waals surface area contributed by atoms with Crippen LogP contribution in [-0.4, -0.2) is 15.0 Å². The summed E-state index contributed by atoms with van der Waals surface area (Å²) in [6, 6.07) is 5.55. The van der Waals surface area contributed by atoms with Gasteiger partial charge in [0.2, 0.25) is 0 Å². The summed E-state index contributed by atoms with van der Waals surface area (Å²) < 4.78 is 14.1. The molecule has 1 aromatic carbocycles. The zero-order chi connectivity index (χ0) is 12.6. The van der Waals surface area contributed by atoms with Gasteiger partial charge in [0.15, 0.2) is 5.43 Å². The third-order valence-corrected chi connectivity index (χ3v) is 3.80. The summed E-state index contributed by atoms with van der Waals surface area (Å²) in [5.41, 5.74) is 1.44. The summed E-state index contributed by atoms with van der Waals surface area (Å²) in [7, 11) is 0.880. The molecule has 1 heterocycles. The first-order valence-electron chi connectivity index (χ1n) is 5.07. The third-order valence-electron chi connectivity index (χ3n) is 2.58. The first-order valence-corrected chi connectivity index (χ1v) is 7.59. The van der Waals surface area contributed by atoms with Crippen molar-refractivity contribution in [1.29, 1.82) is 0 Å². The van der Waals surface area contributed by atoms with E-state index >= 15 is 0 Å². The highest BCUT2D eigenvalue weighted by Crippen LogP contribution is 2.17. The van der Waals surface area contributed by atoms with Gasteiger partial charge in [0.25, 0.3) is 0 Å². The number of benzene rings is 1. The molecule has 0 aliphatic heterocycles. The van der Waals surface area contributed by atoms with Crippen molar-refractivity contribution in [2.45, 2.75) is 5.75 Å². The molecule has 17 heavy (non-hydrogen) atoms. The Morgan fingerprint density at radius 3 is 2.76 bits per heavy atom. The number of halogens is 1. The molecule has 0 saturated carbocycles. The van der Waals surface area contributed by atoms with Crippen LogP contribution < -0.4 is 5.43 Å². The van der Waals surface area contributed by atoms with E-state index in [0.29, 0.717) is 16.7 Å². The van der Waals surface area contributed by atoms with Crippen LogP contribution in [0.4, 0.5) is 0 Å². The SMILES string of the molecule is Cn1cc(CS(C)=O)c(=O)c2ccc(Br)cc21. The number of aromatic nitrogens is 1. The van der Waals surface area contributed by atoms with E-state index in [2.05, 4.69) is 15.9 Å². The fourth-order valence-electron chi connectivity index (χ4n) is 1.85. The molecule has 0 N–H and O–H groups in total. The highest BCUT2D eigenvalue weighted by atomic mass is 79.9. The fourth-order valence-corrected chi connectivity index (χ4v) is 2.84. The molecule has 0 spiro atoms. The van der Waals surface area contributed by atoms with Crippen molar-refractivity contribution < 1.29 is 4.21 Å². The van der Waals surface area contributed by atoms with E-state index in [1.165, 1.54) is 0 Å². The quantitative estimate of drug-likeness (QED) is 0.852. The molecule has 2 rings (SSSR count). The van der Waals surface area contributed by atoms with E-state index in [9.17, 15) is 9.00 Å². The van der Waals surface area contributed by atoms with Crippen LogP contribution in [0.3, 0.4) is 0 Å². The molecule has 3 nitrogen and oxygen atoms in total. The Balaban J connectivity index is 2.76. The minimum atomic E-state index is -1.00. The van der Waals surface area contributed by atoms with Crippen LogP contribution in [0.5, 0.6) is 0 Å². The van der Waals surface area contributed by atoms with Crippen LogP contribution in [0.25, 0.3) is 10.9 Å². The highest BCUT2D eigenvalue weighted by molar-refractivity contribution is 9.10. The van der Waals surface area contributed by atoms with Crippen molar-refractivity contribution in [3.8, 4) is 0 Å². The lowest BCUT2D eigenvalue weighted by Gasteiger charge is -2.08. The van der Waals surface area contributed by atoms with Crippen molar-refractivity contribution in [2.24, 2.45) is 7.05 Å². The minimum Gasteiger partial charge on any atom is -0.350 e. The summed E-state index contributed by atoms with van der Waals surface area (Å²) in [5.74, 6) is 0.304. The molecule has 90 valence electrons. The number of rotatable bonds is 2. The first-order chi connectivity index (χ1) is 7.99. The van der Waals surface area contributed by atoms with Crippen LogP contribution in [0.2, 0.25) is 0 Å². The maximum Gasteiger partial charge on any atom is 0.193 e. The summed E-state index contributed by atoms with van der Waals surface area (Å²) in [5, 5.41) is 0.665. The van der Waals surface area contributed by atoms with Crippen LogP contribution in [0.1, 0.15) is 5.56 Å². The van der Waals surface area contributed by atoms with Crippen LogP contribution in [0.15, 0.2) is 33.7 Å². The molecule has 0 saturated heterocycles. The number of aryl methyl sites for hydroxylation is 1. The molecule has 1 atom stereocenters. The molecule has 0 amide bonds. The first kappa shape index (κ1) is 12.5. The van der Waals surface area contributed by atoms with Gasteiger partial charge in [-0.2, -0.15) is 0 Å². The lowest BCUT2D eigenvalue weighted by molar-refractivity contribution is 0.686. The van der Waals surface area contributed by atoms with Gasteiger partial charge in [-0.3, -0.25) is 9.00 Å². The van der Waals surface area contributed by atoms with Gasteiger partial charge in [-0.25, -0.2) is 0 Å². The number of pyridine rings is 1. The van der Waals surface area contributed by atoms with Gasteiger partial charge in [-0.1, -0.05) is 15.9 Å². The lowest BCUT2D eigenvalue weighted by Crippen LogP contribution is -2.14. The summed E-state index contributed by atoms with van der Waals surface area (Å²) in [6.07, 6.45) is 3.36. The normalized spacial score (nSPS) is 12.9. The standard InChI is InChI=1S/C12H12BrNO2S/c1-14-6-8(7-17(2)16)12(15)10-4-3-9(13)5-11(10)14/h3-6H,7H2,1-2H3. The molecule has 5 heteroatoms. The molecular weight excluding hydrogens is 302 g/mol. The fraction of sp³-hybridized carbons (Fsp3) is 0.250. The number of hydrogen-bond donors (Lipinski definition) is 0. The smallest absolute Gasteiger partial charge is 0.193 e. The topological polar surface area (TPSA) is 39.1 Å². The average Bonchev–Trinajstić information content (AvgIpc) is 2.25. The molecule has 0 fully saturated rings. The molecule has 1 aromatic heterocycles. The molecular formula is C12H12BrNO2S. The van der Waals surface area contributed by atoms with Gasteiger partial charge in [-0.05, 0) is 18.2 Å². The Morgan fingerprint density at radius 2 is 2.12 bits per heavy atom.